The molecule has 0 heterocycles. The third-order valence-corrected chi connectivity index (χ3v) is 10.6. The Morgan fingerprint density at radius 1 is 0.619 bits per heavy atom. The predicted molar refractivity (Wildman–Crippen MR) is 105 cm³/mol. The minimum atomic E-state index is 0. The maximum Gasteiger partial charge on any atom is 0 e. The van der Waals surface area contributed by atoms with Gasteiger partial charge in [-0.15, -0.1) is 15.8 Å². The van der Waals surface area contributed by atoms with Gasteiger partial charge in [-0.05, 0) is 35.0 Å². The Morgan fingerprint density at radius 2 is 0.810 bits per heavy atom. The van der Waals surface area contributed by atoms with Crippen molar-refractivity contribution in [2.45, 2.75) is 78.0 Å². The van der Waals surface area contributed by atoms with Crippen molar-refractivity contribution in [1.29, 1.82) is 0 Å². The summed E-state index contributed by atoms with van der Waals surface area (Å²) in [4.78, 5) is 0. The van der Waals surface area contributed by atoms with E-state index in [1.807, 2.05) is 0 Å². The number of allylic oxidation sites excluding steroid dienone is 2. The second-order valence-electron chi connectivity index (χ2n) is 6.32. The fourth-order valence-corrected chi connectivity index (χ4v) is 8.75. The molecule has 0 amide bonds. The van der Waals surface area contributed by atoms with E-state index in [0.29, 0.717) is 0 Å². The fourth-order valence-electron chi connectivity index (χ4n) is 2.46. The van der Waals surface area contributed by atoms with Gasteiger partial charge in [-0.2, -0.15) is 0 Å². The second-order valence-corrected chi connectivity index (χ2v) is 13.4. The summed E-state index contributed by atoms with van der Waals surface area (Å²) in [6.07, 6.45) is 6.29. The average Bonchev–Trinajstić information content (AvgIpc) is 2.32. The van der Waals surface area contributed by atoms with Crippen molar-refractivity contribution in [3.8, 4) is 0 Å². The van der Waals surface area contributed by atoms with Crippen LogP contribution in [0.5, 0.6) is 0 Å². The summed E-state index contributed by atoms with van der Waals surface area (Å²) in [5, 5.41) is 0. The molecule has 0 saturated heterocycles. The van der Waals surface area contributed by atoms with Crippen molar-refractivity contribution < 1.29 is 20.4 Å². The molecule has 0 aliphatic rings. The summed E-state index contributed by atoms with van der Waals surface area (Å²) in [6.45, 7) is 26.0. The first-order chi connectivity index (χ1) is 9.18. The van der Waals surface area contributed by atoms with Gasteiger partial charge in [0.1, 0.15) is 0 Å². The smallest absolute Gasteiger partial charge is 0 e. The Hall–Kier alpha value is 1.00. The molecule has 0 N–H and O–H groups in total. The van der Waals surface area contributed by atoms with Crippen molar-refractivity contribution >= 4 is 15.8 Å². The Morgan fingerprint density at radius 3 is 0.905 bits per heavy atom. The van der Waals surface area contributed by atoms with Crippen molar-refractivity contribution in [2.75, 3.05) is 12.3 Å². The van der Waals surface area contributed by atoms with E-state index in [2.05, 4.69) is 68.5 Å². The van der Waals surface area contributed by atoms with Gasteiger partial charge in [-0.25, -0.2) is 0 Å². The molecule has 0 saturated carbocycles. The molecule has 0 aromatic carbocycles. The zero-order valence-electron chi connectivity index (χ0n) is 15.5. The van der Waals surface area contributed by atoms with E-state index in [-0.39, 0.29) is 36.3 Å². The maximum atomic E-state index is 3.36. The Balaban J connectivity index is -0.000000572. The van der Waals surface area contributed by atoms with E-state index in [9.17, 15) is 0 Å². The summed E-state index contributed by atoms with van der Waals surface area (Å²) in [5.74, 6) is 0. The normalized spacial score (nSPS) is 11.0. The number of hydrogen-bond acceptors (Lipinski definition) is 0. The van der Waals surface area contributed by atoms with Gasteiger partial charge in [0.2, 0.25) is 0 Å². The van der Waals surface area contributed by atoms with E-state index < -0.39 is 0 Å². The topological polar surface area (TPSA) is 0 Å². The van der Waals surface area contributed by atoms with Crippen LogP contribution in [0.1, 0.15) is 55.4 Å². The predicted octanol–water partition coefficient (Wildman–Crippen LogP) is 6.94. The molecule has 0 spiro atoms. The zero-order chi connectivity index (χ0) is 16.3. The minimum absolute atomic E-state index is 0. The van der Waals surface area contributed by atoms with Crippen LogP contribution in [0.3, 0.4) is 0 Å². The molecule has 0 aromatic rings. The third-order valence-electron chi connectivity index (χ3n) is 3.44. The maximum absolute atomic E-state index is 3.36. The average molecular weight is 423 g/mol. The number of rotatable bonds is 8. The largest absolute Gasteiger partial charge is 0.101 e. The molecule has 0 atom stereocenters. The van der Waals surface area contributed by atoms with Gasteiger partial charge < -0.3 is 0 Å². The van der Waals surface area contributed by atoms with Crippen molar-refractivity contribution in [3.05, 3.63) is 25.3 Å². The standard InChI is InChI=1S/C14H32P2.C4H6.Pd/c1-11(2)15(12(3)4)9-10-16(13(5)6)14(7)8;1-3-4-2;/h11-14H,9-10H2,1-8H3;3-4H,1-2H2;. The molecule has 0 rings (SSSR count). The van der Waals surface area contributed by atoms with Crippen LogP contribution in [0.2, 0.25) is 0 Å². The summed E-state index contributed by atoms with van der Waals surface area (Å²) >= 11 is 0. The van der Waals surface area contributed by atoms with Crippen molar-refractivity contribution in [1.82, 2.24) is 0 Å². The van der Waals surface area contributed by atoms with Gasteiger partial charge in [0.15, 0.2) is 0 Å². The minimum Gasteiger partial charge on any atom is -0.101 e. The molecule has 0 unspecified atom stereocenters. The van der Waals surface area contributed by atoms with Crippen LogP contribution in [-0.2, 0) is 20.4 Å². The van der Waals surface area contributed by atoms with Gasteiger partial charge >= 0.3 is 0 Å². The monoisotopic (exact) mass is 422 g/mol. The van der Waals surface area contributed by atoms with Gasteiger partial charge in [0, 0.05) is 20.4 Å². The molecule has 0 aliphatic carbocycles. The van der Waals surface area contributed by atoms with Crippen LogP contribution < -0.4 is 0 Å². The van der Waals surface area contributed by atoms with Gasteiger partial charge in [0.05, 0.1) is 0 Å². The Kier molecular flexibility index (Phi) is 20.3. The molecule has 3 heteroatoms. The quantitative estimate of drug-likeness (QED) is 0.226. The summed E-state index contributed by atoms with van der Waals surface area (Å²) in [7, 11) is 0.511. The molecule has 0 aromatic heterocycles. The SMILES string of the molecule is C=CC=C.CC(C)P(CCP(C(C)C)C(C)C)C(C)C.[Pd]. The second kappa shape index (κ2) is 15.9. The van der Waals surface area contributed by atoms with Crippen LogP contribution in [0.25, 0.3) is 0 Å². The van der Waals surface area contributed by atoms with Crippen LogP contribution in [0, 0.1) is 0 Å². The van der Waals surface area contributed by atoms with Crippen molar-refractivity contribution in [3.63, 3.8) is 0 Å². The van der Waals surface area contributed by atoms with E-state index in [1.165, 1.54) is 12.3 Å². The first-order valence-electron chi connectivity index (χ1n) is 7.93. The van der Waals surface area contributed by atoms with Gasteiger partial charge in [0.25, 0.3) is 0 Å². The van der Waals surface area contributed by atoms with Crippen molar-refractivity contribution in [2.24, 2.45) is 0 Å². The first-order valence-corrected chi connectivity index (χ1v) is 11.3. The summed E-state index contributed by atoms with van der Waals surface area (Å²) in [6, 6.07) is 0. The van der Waals surface area contributed by atoms with Crippen LogP contribution in [0.4, 0.5) is 0 Å². The van der Waals surface area contributed by atoms with E-state index >= 15 is 0 Å². The number of hydrogen-bond donors (Lipinski definition) is 0. The van der Waals surface area contributed by atoms with E-state index in [4.69, 9.17) is 0 Å². The molecule has 0 nitrogen and oxygen atoms in total. The molecule has 0 fully saturated rings. The zero-order valence-corrected chi connectivity index (χ0v) is 18.8. The Bertz CT molecular complexity index is 206. The van der Waals surface area contributed by atoms with Crippen LogP contribution in [-0.4, -0.2) is 35.0 Å². The Labute approximate surface area is 151 Å². The van der Waals surface area contributed by atoms with E-state index in [1.54, 1.807) is 12.2 Å². The molecular formula is C18H38P2Pd. The van der Waals surface area contributed by atoms with Gasteiger partial charge in [-0.1, -0.05) is 80.7 Å². The summed E-state index contributed by atoms with van der Waals surface area (Å²) in [5.41, 5.74) is 3.63. The van der Waals surface area contributed by atoms with Gasteiger partial charge in [-0.3, -0.25) is 0 Å². The van der Waals surface area contributed by atoms with Crippen LogP contribution in [0.15, 0.2) is 25.3 Å². The summed E-state index contributed by atoms with van der Waals surface area (Å²) < 4.78 is 0. The van der Waals surface area contributed by atoms with Crippen LogP contribution >= 0.6 is 15.8 Å². The van der Waals surface area contributed by atoms with E-state index in [0.717, 1.165) is 22.6 Å². The molecular weight excluding hydrogens is 385 g/mol. The molecule has 130 valence electrons. The molecule has 21 heavy (non-hydrogen) atoms. The molecule has 0 aliphatic heterocycles. The fraction of sp³-hybridized carbons (Fsp3) is 0.778. The first kappa shape index (κ1) is 26.9. The third kappa shape index (κ3) is 14.3. The molecule has 0 radical (unpaired) electrons. The molecule has 0 bridgehead atoms.